The number of aliphatic hydroxyl groups is 2. The van der Waals surface area contributed by atoms with Crippen LogP contribution in [0.15, 0.2) is 36.5 Å². The van der Waals surface area contributed by atoms with Gasteiger partial charge in [0.25, 0.3) is 0 Å². The average molecular weight is 632 g/mol. The van der Waals surface area contributed by atoms with Crippen molar-refractivity contribution in [1.29, 1.82) is 0 Å². The van der Waals surface area contributed by atoms with Crippen LogP contribution >= 0.6 is 0 Å². The molecular weight excluding hydrogens is 554 g/mol. The van der Waals surface area contributed by atoms with Gasteiger partial charge in [-0.3, -0.25) is 4.79 Å². The molecule has 0 rings (SSSR count). The molecule has 264 valence electrons. The smallest absolute Gasteiger partial charge is 0.220 e. The summed E-state index contributed by atoms with van der Waals surface area (Å²) >= 11 is 0. The first-order chi connectivity index (χ1) is 22.2. The van der Waals surface area contributed by atoms with Gasteiger partial charge in [0.05, 0.1) is 18.8 Å². The van der Waals surface area contributed by atoms with Gasteiger partial charge in [-0.05, 0) is 57.8 Å². The van der Waals surface area contributed by atoms with Crippen molar-refractivity contribution in [2.45, 2.75) is 212 Å². The van der Waals surface area contributed by atoms with E-state index >= 15 is 0 Å². The SMILES string of the molecule is CCCCCC/C=C\CCCCCCCCCC(=O)NC(CO)C(O)/C=C/CC/C=C/CCCCCCCCCCCCCC. The van der Waals surface area contributed by atoms with Crippen LogP contribution in [0.5, 0.6) is 0 Å². The lowest BCUT2D eigenvalue weighted by molar-refractivity contribution is -0.123. The number of allylic oxidation sites excluding steroid dienone is 5. The van der Waals surface area contributed by atoms with Gasteiger partial charge in [0, 0.05) is 6.42 Å². The van der Waals surface area contributed by atoms with Crippen LogP contribution in [0.4, 0.5) is 0 Å². The number of nitrogens with one attached hydrogen (secondary N) is 1. The Bertz CT molecular complexity index is 686. The lowest BCUT2D eigenvalue weighted by Gasteiger charge is -2.19. The first-order valence-electron chi connectivity index (χ1n) is 19.7. The lowest BCUT2D eigenvalue weighted by Crippen LogP contribution is -2.45. The maximum Gasteiger partial charge on any atom is 0.220 e. The highest BCUT2D eigenvalue weighted by atomic mass is 16.3. The zero-order valence-corrected chi connectivity index (χ0v) is 30.1. The number of carbonyl (C=O) groups excluding carboxylic acids is 1. The van der Waals surface area contributed by atoms with Gasteiger partial charge >= 0.3 is 0 Å². The van der Waals surface area contributed by atoms with Crippen molar-refractivity contribution in [1.82, 2.24) is 5.32 Å². The van der Waals surface area contributed by atoms with Crippen molar-refractivity contribution in [3.05, 3.63) is 36.5 Å². The third-order valence-electron chi connectivity index (χ3n) is 8.85. The maximum absolute atomic E-state index is 12.3. The highest BCUT2D eigenvalue weighted by molar-refractivity contribution is 5.76. The van der Waals surface area contributed by atoms with Crippen LogP contribution in [0.1, 0.15) is 200 Å². The van der Waals surface area contributed by atoms with Gasteiger partial charge in [-0.15, -0.1) is 0 Å². The second-order valence-electron chi connectivity index (χ2n) is 13.3. The summed E-state index contributed by atoms with van der Waals surface area (Å²) in [5, 5.41) is 22.9. The lowest BCUT2D eigenvalue weighted by atomic mass is 10.0. The molecule has 0 saturated heterocycles. The van der Waals surface area contributed by atoms with Crippen LogP contribution in [0.3, 0.4) is 0 Å². The molecule has 0 radical (unpaired) electrons. The molecule has 0 aromatic heterocycles. The van der Waals surface area contributed by atoms with Crippen LogP contribution in [-0.2, 0) is 4.79 Å². The predicted molar refractivity (Wildman–Crippen MR) is 198 cm³/mol. The van der Waals surface area contributed by atoms with Crippen LogP contribution in [0.25, 0.3) is 0 Å². The molecule has 0 aromatic rings. The molecule has 0 aliphatic carbocycles. The van der Waals surface area contributed by atoms with Crippen LogP contribution in [0.2, 0.25) is 0 Å². The van der Waals surface area contributed by atoms with Gasteiger partial charge in [0.1, 0.15) is 0 Å². The van der Waals surface area contributed by atoms with Crippen molar-refractivity contribution in [3.8, 4) is 0 Å². The predicted octanol–water partition coefficient (Wildman–Crippen LogP) is 11.8. The fourth-order valence-electron chi connectivity index (χ4n) is 5.78. The van der Waals surface area contributed by atoms with E-state index < -0.39 is 12.1 Å². The molecule has 0 saturated carbocycles. The number of aliphatic hydroxyl groups excluding tert-OH is 2. The van der Waals surface area contributed by atoms with Gasteiger partial charge < -0.3 is 15.5 Å². The Labute approximate surface area is 281 Å². The van der Waals surface area contributed by atoms with E-state index in [1.54, 1.807) is 6.08 Å². The third kappa shape index (κ3) is 33.8. The summed E-state index contributed by atoms with van der Waals surface area (Å²) in [6.45, 7) is 4.28. The van der Waals surface area contributed by atoms with Crippen LogP contribution in [0, 0.1) is 0 Å². The Morgan fingerprint density at radius 2 is 0.867 bits per heavy atom. The Morgan fingerprint density at radius 3 is 1.31 bits per heavy atom. The minimum absolute atomic E-state index is 0.0799. The van der Waals surface area contributed by atoms with Crippen molar-refractivity contribution in [3.63, 3.8) is 0 Å². The monoisotopic (exact) mass is 632 g/mol. The summed E-state index contributed by atoms with van der Waals surface area (Å²) in [5.41, 5.74) is 0. The molecular formula is C41H77NO3. The van der Waals surface area contributed by atoms with Gasteiger partial charge in [0.2, 0.25) is 5.91 Å². The Kier molecular flexibility index (Phi) is 35.9. The first-order valence-corrected chi connectivity index (χ1v) is 19.7. The van der Waals surface area contributed by atoms with E-state index in [9.17, 15) is 15.0 Å². The highest BCUT2D eigenvalue weighted by Gasteiger charge is 2.17. The Morgan fingerprint density at radius 1 is 0.511 bits per heavy atom. The molecule has 2 atom stereocenters. The second kappa shape index (κ2) is 37.1. The summed E-state index contributed by atoms with van der Waals surface area (Å²) < 4.78 is 0. The van der Waals surface area contributed by atoms with Gasteiger partial charge in [-0.25, -0.2) is 0 Å². The fourth-order valence-corrected chi connectivity index (χ4v) is 5.78. The molecule has 0 heterocycles. The van der Waals surface area contributed by atoms with E-state index in [4.69, 9.17) is 0 Å². The quantitative estimate of drug-likeness (QED) is 0.0481. The normalized spacial score (nSPS) is 13.4. The zero-order chi connectivity index (χ0) is 32.9. The van der Waals surface area contributed by atoms with Gasteiger partial charge in [0.15, 0.2) is 0 Å². The minimum Gasteiger partial charge on any atom is -0.394 e. The van der Waals surface area contributed by atoms with Crippen LogP contribution in [-0.4, -0.2) is 34.9 Å². The van der Waals surface area contributed by atoms with E-state index in [0.29, 0.717) is 6.42 Å². The summed E-state index contributed by atoms with van der Waals surface area (Å²) in [7, 11) is 0. The highest BCUT2D eigenvalue weighted by Crippen LogP contribution is 2.13. The molecule has 0 aromatic carbocycles. The minimum atomic E-state index is -0.861. The van der Waals surface area contributed by atoms with Crippen molar-refractivity contribution >= 4 is 5.91 Å². The molecule has 3 N–H and O–H groups in total. The molecule has 0 fully saturated rings. The van der Waals surface area contributed by atoms with Crippen molar-refractivity contribution < 1.29 is 15.0 Å². The summed E-state index contributed by atoms with van der Waals surface area (Å²) in [6, 6.07) is -0.638. The van der Waals surface area contributed by atoms with Crippen molar-refractivity contribution in [2.75, 3.05) is 6.61 Å². The summed E-state index contributed by atoms with van der Waals surface area (Å²) in [4.78, 5) is 12.3. The maximum atomic E-state index is 12.3. The number of unbranched alkanes of at least 4 members (excludes halogenated alkanes) is 24. The first kappa shape index (κ1) is 43.6. The fraction of sp³-hybridized carbons (Fsp3) is 0.829. The van der Waals surface area contributed by atoms with Gasteiger partial charge in [-0.1, -0.05) is 172 Å². The zero-order valence-electron chi connectivity index (χ0n) is 30.1. The molecule has 0 aliphatic heterocycles. The van der Waals surface area contributed by atoms with E-state index in [1.807, 2.05) is 6.08 Å². The van der Waals surface area contributed by atoms with E-state index in [-0.39, 0.29) is 12.5 Å². The number of rotatable bonds is 35. The Hall–Kier alpha value is -1.39. The number of carbonyl (C=O) groups is 1. The molecule has 2 unspecified atom stereocenters. The van der Waals surface area contributed by atoms with Crippen molar-refractivity contribution in [2.24, 2.45) is 0 Å². The van der Waals surface area contributed by atoms with Gasteiger partial charge in [-0.2, -0.15) is 0 Å². The average Bonchev–Trinajstić information content (AvgIpc) is 3.04. The molecule has 0 aliphatic rings. The standard InChI is InChI=1S/C41H77NO3/c1-3-5-7-9-11-13-15-17-19-20-21-23-24-26-28-30-32-34-36-40(44)39(38-43)42-41(45)37-35-33-31-29-27-25-22-18-16-14-12-10-8-6-4-2/h14,16,26,28,34,36,39-40,43-44H,3-13,15,17-25,27,29-33,35,37-38H2,1-2H3,(H,42,45)/b16-14-,28-26+,36-34+. The topological polar surface area (TPSA) is 69.6 Å². The molecule has 45 heavy (non-hydrogen) atoms. The molecule has 4 heteroatoms. The number of hydrogen-bond acceptors (Lipinski definition) is 3. The number of amides is 1. The summed E-state index contributed by atoms with van der Waals surface area (Å²) in [5.74, 6) is -0.0799. The van der Waals surface area contributed by atoms with Crippen LogP contribution < -0.4 is 5.32 Å². The third-order valence-corrected chi connectivity index (χ3v) is 8.85. The Balaban J connectivity index is 3.66. The van der Waals surface area contributed by atoms with E-state index in [2.05, 4.69) is 43.5 Å². The van der Waals surface area contributed by atoms with E-state index in [0.717, 1.165) is 32.1 Å². The van der Waals surface area contributed by atoms with E-state index in [1.165, 1.54) is 148 Å². The molecule has 1 amide bonds. The molecule has 0 spiro atoms. The summed E-state index contributed by atoms with van der Waals surface area (Å²) in [6.07, 6.45) is 48.1. The largest absolute Gasteiger partial charge is 0.394 e. The second-order valence-corrected chi connectivity index (χ2v) is 13.3. The molecule has 0 bridgehead atoms. The number of hydrogen-bond donors (Lipinski definition) is 3. The molecule has 4 nitrogen and oxygen atoms in total.